The minimum absolute atomic E-state index is 0.0594. The molecule has 0 bridgehead atoms. The Balaban J connectivity index is 3.83. The molecule has 82 valence electrons. The Labute approximate surface area is 86.1 Å². The first kappa shape index (κ1) is 13.3. The molecule has 0 rings (SSSR count). The predicted octanol–water partition coefficient (Wildman–Crippen LogP) is 1.82. The molecular formula is C9H18O4Si. The van der Waals surface area contributed by atoms with Crippen molar-refractivity contribution in [2.24, 2.45) is 0 Å². The fourth-order valence-electron chi connectivity index (χ4n) is 0.636. The van der Waals surface area contributed by atoms with Gasteiger partial charge in [0.25, 0.3) is 0 Å². The summed E-state index contributed by atoms with van der Waals surface area (Å²) >= 11 is 0. The highest BCUT2D eigenvalue weighted by Crippen LogP contribution is 2.11. The Morgan fingerprint density at radius 3 is 2.43 bits per heavy atom. The van der Waals surface area contributed by atoms with Crippen molar-refractivity contribution in [3.05, 3.63) is 12.2 Å². The Morgan fingerprint density at radius 1 is 1.50 bits per heavy atom. The molecule has 0 aromatic heterocycles. The predicted molar refractivity (Wildman–Crippen MR) is 56.0 cm³/mol. The first-order chi connectivity index (χ1) is 6.45. The van der Waals surface area contributed by atoms with E-state index in [1.165, 1.54) is 0 Å². The molecule has 0 N–H and O–H groups in total. The van der Waals surface area contributed by atoms with E-state index in [1.54, 1.807) is 14.0 Å². The Morgan fingerprint density at radius 2 is 2.07 bits per heavy atom. The van der Waals surface area contributed by atoms with Crippen LogP contribution < -0.4 is 0 Å². The molecule has 0 aromatic carbocycles. The Kier molecular flexibility index (Phi) is 5.67. The molecule has 4 nitrogen and oxygen atoms in total. The summed E-state index contributed by atoms with van der Waals surface area (Å²) < 4.78 is 15.4. The van der Waals surface area contributed by atoms with E-state index in [1.807, 2.05) is 13.5 Å². The number of hydrogen-bond acceptors (Lipinski definition) is 4. The van der Waals surface area contributed by atoms with Gasteiger partial charge in [0, 0.05) is 12.7 Å². The van der Waals surface area contributed by atoms with Gasteiger partial charge in [-0.05, 0) is 19.5 Å². The van der Waals surface area contributed by atoms with Gasteiger partial charge in [0.2, 0.25) is 0 Å². The van der Waals surface area contributed by atoms with Crippen LogP contribution in [0.2, 0.25) is 12.6 Å². The summed E-state index contributed by atoms with van der Waals surface area (Å²) in [7, 11) is -0.498. The molecule has 0 aliphatic heterocycles. The number of carbonyl (C=O) groups excluding carboxylic acids is 1. The van der Waals surface area contributed by atoms with Crippen molar-refractivity contribution >= 4 is 14.5 Å². The summed E-state index contributed by atoms with van der Waals surface area (Å²) in [5.41, 5.74) is 0.367. The van der Waals surface area contributed by atoms with Gasteiger partial charge < -0.3 is 13.6 Å². The largest absolute Gasteiger partial charge is 0.436 e. The normalized spacial score (nSPS) is 14.6. The lowest BCUT2D eigenvalue weighted by Gasteiger charge is -2.22. The van der Waals surface area contributed by atoms with Crippen LogP contribution >= 0.6 is 0 Å². The third-order valence-corrected chi connectivity index (χ3v) is 4.85. The molecule has 0 heterocycles. The van der Waals surface area contributed by atoms with Gasteiger partial charge in [-0.15, -0.1) is 0 Å². The third-order valence-electron chi connectivity index (χ3n) is 1.98. The molecule has 0 saturated carbocycles. The standard InChI is InChI=1S/C9H18O4Si/c1-6-14(5,11-4)13-7-12-9(10)8(2)3/h2,6-7H2,1,3-5H3. The van der Waals surface area contributed by atoms with E-state index < -0.39 is 14.5 Å². The Bertz CT molecular complexity index is 211. The number of ether oxygens (including phenoxy) is 1. The third kappa shape index (κ3) is 4.55. The fraction of sp³-hybridized carbons (Fsp3) is 0.667. The van der Waals surface area contributed by atoms with Crippen LogP contribution in [0.15, 0.2) is 12.2 Å². The zero-order valence-corrected chi connectivity index (χ0v) is 10.3. The second-order valence-corrected chi connectivity index (χ2v) is 6.84. The molecule has 0 fully saturated rings. The fourth-order valence-corrected chi connectivity index (χ4v) is 1.56. The molecule has 0 spiro atoms. The molecule has 0 aromatic rings. The first-order valence-corrected chi connectivity index (χ1v) is 6.99. The molecule has 0 radical (unpaired) electrons. The van der Waals surface area contributed by atoms with Gasteiger partial charge >= 0.3 is 14.5 Å². The van der Waals surface area contributed by atoms with Gasteiger partial charge in [0.05, 0.1) is 0 Å². The molecule has 0 aliphatic carbocycles. The van der Waals surface area contributed by atoms with Gasteiger partial charge in [0.1, 0.15) is 0 Å². The van der Waals surface area contributed by atoms with Crippen molar-refractivity contribution in [3.8, 4) is 0 Å². The monoisotopic (exact) mass is 218 g/mol. The van der Waals surface area contributed by atoms with Crippen molar-refractivity contribution in [1.29, 1.82) is 0 Å². The van der Waals surface area contributed by atoms with Crippen LogP contribution in [0, 0.1) is 0 Å². The van der Waals surface area contributed by atoms with Crippen LogP contribution in [0.4, 0.5) is 0 Å². The first-order valence-electron chi connectivity index (χ1n) is 4.47. The lowest BCUT2D eigenvalue weighted by atomic mass is 10.4. The van der Waals surface area contributed by atoms with Crippen LogP contribution in [-0.4, -0.2) is 28.4 Å². The SMILES string of the molecule is C=C(C)C(=O)OCO[Si](C)(CC)OC. The van der Waals surface area contributed by atoms with E-state index in [2.05, 4.69) is 6.58 Å². The van der Waals surface area contributed by atoms with Crippen LogP contribution in [0.3, 0.4) is 0 Å². The molecule has 0 aliphatic rings. The zero-order valence-electron chi connectivity index (χ0n) is 9.25. The van der Waals surface area contributed by atoms with E-state index in [-0.39, 0.29) is 6.79 Å². The van der Waals surface area contributed by atoms with Gasteiger partial charge in [-0.2, -0.15) is 0 Å². The van der Waals surface area contributed by atoms with Crippen molar-refractivity contribution in [1.82, 2.24) is 0 Å². The summed E-state index contributed by atoms with van der Waals surface area (Å²) in [5, 5.41) is 0. The topological polar surface area (TPSA) is 44.8 Å². The van der Waals surface area contributed by atoms with E-state index in [4.69, 9.17) is 13.6 Å². The zero-order chi connectivity index (χ0) is 11.2. The van der Waals surface area contributed by atoms with Gasteiger partial charge in [-0.1, -0.05) is 13.5 Å². The quantitative estimate of drug-likeness (QED) is 0.295. The van der Waals surface area contributed by atoms with Crippen molar-refractivity contribution in [2.75, 3.05) is 13.9 Å². The Hall–Kier alpha value is -0.653. The smallest absolute Gasteiger partial charge is 0.336 e. The lowest BCUT2D eigenvalue weighted by Crippen LogP contribution is -2.37. The highest BCUT2D eigenvalue weighted by molar-refractivity contribution is 6.65. The van der Waals surface area contributed by atoms with Crippen molar-refractivity contribution in [2.45, 2.75) is 26.4 Å². The maximum absolute atomic E-state index is 11.0. The average molecular weight is 218 g/mol. The van der Waals surface area contributed by atoms with E-state index in [0.717, 1.165) is 6.04 Å². The highest BCUT2D eigenvalue weighted by Gasteiger charge is 2.27. The van der Waals surface area contributed by atoms with Crippen LogP contribution in [-0.2, 0) is 18.4 Å². The molecule has 1 unspecified atom stereocenters. The second-order valence-electron chi connectivity index (χ2n) is 3.17. The summed E-state index contributed by atoms with van der Waals surface area (Å²) in [5.74, 6) is -0.437. The average Bonchev–Trinajstić information content (AvgIpc) is 2.17. The lowest BCUT2D eigenvalue weighted by molar-refractivity contribution is -0.146. The minimum Gasteiger partial charge on any atom is -0.436 e. The summed E-state index contributed by atoms with van der Waals surface area (Å²) in [6.45, 7) is 8.89. The number of carbonyl (C=O) groups is 1. The molecular weight excluding hydrogens is 200 g/mol. The molecule has 0 saturated heterocycles. The molecule has 1 atom stereocenters. The van der Waals surface area contributed by atoms with E-state index >= 15 is 0 Å². The maximum atomic E-state index is 11.0. The van der Waals surface area contributed by atoms with Crippen LogP contribution in [0.1, 0.15) is 13.8 Å². The van der Waals surface area contributed by atoms with Gasteiger partial charge in [0.15, 0.2) is 6.79 Å². The minimum atomic E-state index is -2.11. The van der Waals surface area contributed by atoms with E-state index in [9.17, 15) is 4.79 Å². The second kappa shape index (κ2) is 5.95. The van der Waals surface area contributed by atoms with E-state index in [0.29, 0.717) is 5.57 Å². The molecule has 0 amide bonds. The van der Waals surface area contributed by atoms with Crippen LogP contribution in [0.25, 0.3) is 0 Å². The van der Waals surface area contributed by atoms with Gasteiger partial charge in [-0.25, -0.2) is 4.79 Å². The molecule has 14 heavy (non-hydrogen) atoms. The summed E-state index contributed by atoms with van der Waals surface area (Å²) in [6.07, 6.45) is 0. The number of rotatable bonds is 6. The number of hydrogen-bond donors (Lipinski definition) is 0. The highest BCUT2D eigenvalue weighted by atomic mass is 28.4. The molecule has 5 heteroatoms. The maximum Gasteiger partial charge on any atom is 0.336 e. The number of esters is 1. The van der Waals surface area contributed by atoms with Crippen molar-refractivity contribution < 1.29 is 18.4 Å². The van der Waals surface area contributed by atoms with Gasteiger partial charge in [-0.3, -0.25) is 0 Å². The van der Waals surface area contributed by atoms with Crippen LogP contribution in [0.5, 0.6) is 0 Å². The van der Waals surface area contributed by atoms with Crippen molar-refractivity contribution in [3.63, 3.8) is 0 Å². The summed E-state index contributed by atoms with van der Waals surface area (Å²) in [4.78, 5) is 11.0. The summed E-state index contributed by atoms with van der Waals surface area (Å²) in [6, 6.07) is 0.814.